The summed E-state index contributed by atoms with van der Waals surface area (Å²) >= 11 is 10.6. The lowest BCUT2D eigenvalue weighted by molar-refractivity contribution is -0.146. The molecule has 0 amide bonds. The Kier molecular flexibility index (Phi) is 6.69. The number of morpholine rings is 1. The van der Waals surface area contributed by atoms with Crippen molar-refractivity contribution in [1.29, 1.82) is 0 Å². The molecule has 0 aliphatic carbocycles. The summed E-state index contributed by atoms with van der Waals surface area (Å²) in [4.78, 5) is 20.1. The second-order valence-corrected chi connectivity index (χ2v) is 10.5. The number of esters is 1. The molecule has 8 nitrogen and oxygen atoms in total. The average molecular weight is 585 g/mol. The highest BCUT2D eigenvalue weighted by Gasteiger charge is 2.33. The Morgan fingerprint density at radius 2 is 2.00 bits per heavy atom. The maximum atomic E-state index is 13.2. The Morgan fingerprint density at radius 3 is 2.76 bits per heavy atom. The molecule has 1 atom stereocenters. The largest absolute Gasteiger partial charge is 0.464 e. The normalized spacial score (nSPS) is 16.2. The number of fused-ring (bicyclic) bond motifs is 2. The number of benzene rings is 2. The Bertz CT molecular complexity index is 1460. The minimum Gasteiger partial charge on any atom is -0.464 e. The van der Waals surface area contributed by atoms with Crippen LogP contribution in [0.2, 0.25) is 5.02 Å². The Labute approximate surface area is 228 Å². The first-order chi connectivity index (χ1) is 18.0. The molecule has 2 aromatic carbocycles. The molecule has 0 bridgehead atoms. The summed E-state index contributed by atoms with van der Waals surface area (Å²) in [7, 11) is 0. The van der Waals surface area contributed by atoms with Crippen molar-refractivity contribution in [2.24, 2.45) is 0 Å². The molecular weight excluding hydrogens is 558 g/mol. The fourth-order valence-corrected chi connectivity index (χ4v) is 6.12. The fraction of sp³-hybridized carbons (Fsp3) is 0.370. The number of nitrogens with zero attached hydrogens (tertiary/aromatic N) is 5. The predicted molar refractivity (Wildman–Crippen MR) is 146 cm³/mol. The first kappa shape index (κ1) is 24.5. The Hall–Kier alpha value is -2.88. The number of aromatic nitrogens is 4. The van der Waals surface area contributed by atoms with E-state index in [0.717, 1.165) is 72.4 Å². The third-order valence-corrected chi connectivity index (χ3v) is 8.20. The average Bonchev–Trinajstić information content (AvgIpc) is 3.65. The van der Waals surface area contributed by atoms with Gasteiger partial charge in [-0.05, 0) is 65.0 Å². The van der Waals surface area contributed by atoms with Crippen LogP contribution in [0.5, 0.6) is 0 Å². The molecule has 6 rings (SSSR count). The van der Waals surface area contributed by atoms with E-state index in [1.54, 1.807) is 17.9 Å². The van der Waals surface area contributed by atoms with Gasteiger partial charge in [0.25, 0.3) is 0 Å². The number of hydrogen-bond donors (Lipinski definition) is 0. The van der Waals surface area contributed by atoms with Gasteiger partial charge in [0.2, 0.25) is 0 Å². The summed E-state index contributed by atoms with van der Waals surface area (Å²) in [5.74, 6) is -0.380. The Balaban J connectivity index is 1.40. The van der Waals surface area contributed by atoms with E-state index in [1.165, 1.54) is 5.69 Å². The van der Waals surface area contributed by atoms with Crippen LogP contribution in [0, 0.1) is 0 Å². The van der Waals surface area contributed by atoms with Gasteiger partial charge in [-0.25, -0.2) is 9.78 Å². The van der Waals surface area contributed by atoms with Crippen LogP contribution in [0.25, 0.3) is 22.0 Å². The molecule has 37 heavy (non-hydrogen) atoms. The number of ether oxygens (including phenoxy) is 2. The number of carbonyl (C=O) groups excluding carboxylic acids is 1. The van der Waals surface area contributed by atoms with E-state index in [2.05, 4.69) is 54.6 Å². The number of imidazole rings is 1. The highest BCUT2D eigenvalue weighted by atomic mass is 79.9. The predicted octanol–water partition coefficient (Wildman–Crippen LogP) is 5.25. The van der Waals surface area contributed by atoms with Crippen LogP contribution in [-0.4, -0.2) is 58.2 Å². The second kappa shape index (κ2) is 10.1. The van der Waals surface area contributed by atoms with Gasteiger partial charge in [-0.3, -0.25) is 4.68 Å². The number of halogens is 2. The smallest absolute Gasteiger partial charge is 0.337 e. The molecule has 0 saturated carbocycles. The van der Waals surface area contributed by atoms with Crippen LogP contribution >= 0.6 is 27.5 Å². The van der Waals surface area contributed by atoms with E-state index in [0.29, 0.717) is 16.2 Å². The molecule has 2 aliphatic heterocycles. The lowest BCUT2D eigenvalue weighted by Gasteiger charge is -2.29. The first-order valence-electron chi connectivity index (χ1n) is 12.6. The van der Waals surface area contributed by atoms with Crippen LogP contribution in [0.3, 0.4) is 0 Å². The molecule has 2 aromatic heterocycles. The first-order valence-corrected chi connectivity index (χ1v) is 13.7. The SMILES string of the molecule is CCOC(=O)C(c1ncn2c1CCC2)n1cc2c(Cl)cc(-c3ccc(N4CCOCC4)cc3)c(Br)c2n1. The lowest BCUT2D eigenvalue weighted by atomic mass is 10.0. The van der Waals surface area contributed by atoms with Gasteiger partial charge < -0.3 is 18.9 Å². The van der Waals surface area contributed by atoms with Gasteiger partial charge in [0.1, 0.15) is 5.52 Å². The van der Waals surface area contributed by atoms with Gasteiger partial charge in [0, 0.05) is 42.6 Å². The molecule has 1 fully saturated rings. The molecule has 1 saturated heterocycles. The molecular formula is C27H27BrClN5O3. The maximum absolute atomic E-state index is 13.2. The Morgan fingerprint density at radius 1 is 1.22 bits per heavy atom. The highest BCUT2D eigenvalue weighted by molar-refractivity contribution is 9.10. The van der Waals surface area contributed by atoms with E-state index in [1.807, 2.05) is 12.3 Å². The quantitative estimate of drug-likeness (QED) is 0.288. The molecule has 192 valence electrons. The fourth-order valence-electron chi connectivity index (χ4n) is 5.24. The van der Waals surface area contributed by atoms with Gasteiger partial charge in [-0.15, -0.1) is 0 Å². The summed E-state index contributed by atoms with van der Waals surface area (Å²) in [6.07, 6.45) is 5.53. The van der Waals surface area contributed by atoms with Gasteiger partial charge in [-0.2, -0.15) is 5.10 Å². The van der Waals surface area contributed by atoms with Crippen molar-refractivity contribution in [2.45, 2.75) is 32.4 Å². The van der Waals surface area contributed by atoms with Crippen molar-refractivity contribution in [2.75, 3.05) is 37.8 Å². The topological polar surface area (TPSA) is 74.4 Å². The van der Waals surface area contributed by atoms with Gasteiger partial charge in [-0.1, -0.05) is 23.7 Å². The van der Waals surface area contributed by atoms with E-state index in [-0.39, 0.29) is 12.6 Å². The molecule has 10 heteroatoms. The number of aryl methyl sites for hydroxylation is 1. The van der Waals surface area contributed by atoms with Crippen molar-refractivity contribution in [3.8, 4) is 11.1 Å². The zero-order valence-corrected chi connectivity index (χ0v) is 22.8. The van der Waals surface area contributed by atoms with E-state index in [9.17, 15) is 4.79 Å². The van der Waals surface area contributed by atoms with Crippen molar-refractivity contribution in [3.63, 3.8) is 0 Å². The summed E-state index contributed by atoms with van der Waals surface area (Å²) in [6, 6.07) is 9.61. The molecule has 0 radical (unpaired) electrons. The molecule has 0 N–H and O–H groups in total. The van der Waals surface area contributed by atoms with Crippen molar-refractivity contribution in [3.05, 3.63) is 63.7 Å². The minimum absolute atomic E-state index is 0.279. The molecule has 2 aliphatic rings. The van der Waals surface area contributed by atoms with Crippen LogP contribution in [-0.2, 0) is 27.2 Å². The third-order valence-electron chi connectivity index (χ3n) is 7.08. The van der Waals surface area contributed by atoms with Gasteiger partial charge >= 0.3 is 5.97 Å². The molecule has 4 heterocycles. The monoisotopic (exact) mass is 583 g/mol. The highest BCUT2D eigenvalue weighted by Crippen LogP contribution is 2.40. The minimum atomic E-state index is -0.777. The second-order valence-electron chi connectivity index (χ2n) is 9.27. The maximum Gasteiger partial charge on any atom is 0.337 e. The molecule has 1 unspecified atom stereocenters. The number of hydrogen-bond acceptors (Lipinski definition) is 6. The van der Waals surface area contributed by atoms with E-state index >= 15 is 0 Å². The van der Waals surface area contributed by atoms with Gasteiger partial charge in [0.15, 0.2) is 6.04 Å². The van der Waals surface area contributed by atoms with Crippen LogP contribution in [0.4, 0.5) is 5.69 Å². The molecule has 4 aromatic rings. The lowest BCUT2D eigenvalue weighted by Crippen LogP contribution is -2.36. The number of rotatable bonds is 6. The molecule has 0 spiro atoms. The van der Waals surface area contributed by atoms with Crippen LogP contribution < -0.4 is 4.90 Å². The van der Waals surface area contributed by atoms with E-state index in [4.69, 9.17) is 26.2 Å². The van der Waals surface area contributed by atoms with Crippen molar-refractivity contribution < 1.29 is 14.3 Å². The van der Waals surface area contributed by atoms with Crippen LogP contribution in [0.15, 0.2) is 47.3 Å². The summed E-state index contributed by atoms with van der Waals surface area (Å²) in [5, 5.41) is 6.17. The number of carbonyl (C=O) groups is 1. The summed E-state index contributed by atoms with van der Waals surface area (Å²) in [5.41, 5.74) is 5.57. The third kappa shape index (κ3) is 4.43. The summed E-state index contributed by atoms with van der Waals surface area (Å²) in [6.45, 7) is 6.26. The summed E-state index contributed by atoms with van der Waals surface area (Å²) < 4.78 is 15.5. The van der Waals surface area contributed by atoms with Crippen molar-refractivity contribution >= 4 is 50.1 Å². The zero-order chi connectivity index (χ0) is 25.5. The van der Waals surface area contributed by atoms with E-state index < -0.39 is 6.04 Å². The van der Waals surface area contributed by atoms with Gasteiger partial charge in [0.05, 0.1) is 41.3 Å². The number of anilines is 1. The van der Waals surface area contributed by atoms with Crippen molar-refractivity contribution in [1.82, 2.24) is 19.3 Å². The van der Waals surface area contributed by atoms with Crippen LogP contribution in [0.1, 0.15) is 30.8 Å². The zero-order valence-electron chi connectivity index (χ0n) is 20.5. The standard InChI is InChI=1S/C27H27BrClN5O3/c1-2-37-27(35)26(25-22-4-3-9-33(22)16-30-25)34-15-20-21(29)14-19(23(28)24(20)31-34)17-5-7-18(8-6-17)32-10-12-36-13-11-32/h5-8,14-16,26H,2-4,9-13H2,1H3.